The van der Waals surface area contributed by atoms with Crippen LogP contribution in [0.15, 0.2) is 65.9 Å². The van der Waals surface area contributed by atoms with Crippen molar-refractivity contribution in [1.82, 2.24) is 10.2 Å². The lowest BCUT2D eigenvalue weighted by atomic mass is 9.94. The number of allylic oxidation sites excluding steroid dienone is 1. The van der Waals surface area contributed by atoms with Crippen LogP contribution in [0.2, 0.25) is 0 Å². The molecule has 2 N–H and O–H groups in total. The van der Waals surface area contributed by atoms with Crippen molar-refractivity contribution in [2.75, 3.05) is 18.5 Å². The molecule has 0 fully saturated rings. The Balaban J connectivity index is 1.87. The van der Waals surface area contributed by atoms with Crippen molar-refractivity contribution >= 4 is 23.6 Å². The third-order valence-electron chi connectivity index (χ3n) is 5.25. The van der Waals surface area contributed by atoms with E-state index in [0.717, 1.165) is 12.0 Å². The van der Waals surface area contributed by atoms with Gasteiger partial charge in [-0.1, -0.05) is 49.4 Å². The average Bonchev–Trinajstić information content (AvgIpc) is 2.77. The monoisotopic (exact) mass is 435 g/mol. The Labute approximate surface area is 188 Å². The molecule has 0 radical (unpaired) electrons. The van der Waals surface area contributed by atoms with E-state index >= 15 is 0 Å². The van der Waals surface area contributed by atoms with Gasteiger partial charge in [0.2, 0.25) is 5.91 Å². The smallest absolute Gasteiger partial charge is 0.338 e. The number of urea groups is 1. The predicted molar refractivity (Wildman–Crippen MR) is 123 cm³/mol. The van der Waals surface area contributed by atoms with E-state index in [1.165, 1.54) is 0 Å². The first-order valence-corrected chi connectivity index (χ1v) is 10.8. The molecular formula is C25H29N3O4. The summed E-state index contributed by atoms with van der Waals surface area (Å²) in [7, 11) is 0. The zero-order valence-corrected chi connectivity index (χ0v) is 18.7. The van der Waals surface area contributed by atoms with Crippen LogP contribution in [0.25, 0.3) is 0 Å². The van der Waals surface area contributed by atoms with Gasteiger partial charge in [-0.15, -0.1) is 0 Å². The Hall–Kier alpha value is -3.61. The van der Waals surface area contributed by atoms with Crippen LogP contribution < -0.4 is 10.6 Å². The third-order valence-corrected chi connectivity index (χ3v) is 5.25. The molecule has 0 aliphatic carbocycles. The first-order chi connectivity index (χ1) is 15.4. The molecular weight excluding hydrogens is 406 g/mol. The number of amides is 3. The number of carbonyl (C=O) groups is 3. The second-order valence-electron chi connectivity index (χ2n) is 7.59. The molecule has 7 nitrogen and oxygen atoms in total. The maximum Gasteiger partial charge on any atom is 0.338 e. The summed E-state index contributed by atoms with van der Waals surface area (Å²) < 4.78 is 5.28. The molecule has 0 spiro atoms. The number of carbonyl (C=O) groups excluding carboxylic acids is 3. The van der Waals surface area contributed by atoms with Gasteiger partial charge in [0.1, 0.15) is 0 Å². The van der Waals surface area contributed by atoms with E-state index in [1.807, 2.05) is 43.3 Å². The first kappa shape index (κ1) is 23.1. The topological polar surface area (TPSA) is 87.7 Å². The first-order valence-electron chi connectivity index (χ1n) is 10.8. The number of ether oxygens (including phenoxy) is 1. The van der Waals surface area contributed by atoms with Crippen molar-refractivity contribution in [3.63, 3.8) is 0 Å². The SMILES string of the molecule is CCCN1C(=O)NC(c2cccc(NC(=O)Cc3ccccc3)c2)C(C(=O)OCC)=C1C. The molecule has 3 rings (SSSR count). The van der Waals surface area contributed by atoms with E-state index in [1.54, 1.807) is 36.9 Å². The van der Waals surface area contributed by atoms with Gasteiger partial charge in [0.15, 0.2) is 0 Å². The third kappa shape index (κ3) is 5.35. The van der Waals surface area contributed by atoms with E-state index in [2.05, 4.69) is 10.6 Å². The number of esters is 1. The average molecular weight is 436 g/mol. The summed E-state index contributed by atoms with van der Waals surface area (Å²) in [5, 5.41) is 5.82. The number of nitrogens with one attached hydrogen (secondary N) is 2. The van der Waals surface area contributed by atoms with Crippen molar-refractivity contribution < 1.29 is 19.1 Å². The van der Waals surface area contributed by atoms with Gasteiger partial charge in [-0.05, 0) is 43.5 Å². The Kier molecular flexibility index (Phi) is 7.65. The van der Waals surface area contributed by atoms with Gasteiger partial charge in [-0.3, -0.25) is 9.69 Å². The predicted octanol–water partition coefficient (Wildman–Crippen LogP) is 4.18. The van der Waals surface area contributed by atoms with Crippen LogP contribution in [0.1, 0.15) is 44.4 Å². The number of hydrogen-bond donors (Lipinski definition) is 2. The molecule has 1 aliphatic rings. The van der Waals surface area contributed by atoms with Crippen LogP contribution in [0.3, 0.4) is 0 Å². The molecule has 0 aromatic heterocycles. The van der Waals surface area contributed by atoms with Gasteiger partial charge in [0.25, 0.3) is 0 Å². The van der Waals surface area contributed by atoms with Gasteiger partial charge in [-0.2, -0.15) is 0 Å². The van der Waals surface area contributed by atoms with Gasteiger partial charge in [-0.25, -0.2) is 9.59 Å². The highest BCUT2D eigenvalue weighted by atomic mass is 16.5. The maximum atomic E-state index is 12.8. The number of hydrogen-bond acceptors (Lipinski definition) is 4. The summed E-state index contributed by atoms with van der Waals surface area (Å²) in [6.45, 7) is 6.22. The molecule has 1 atom stereocenters. The molecule has 1 aliphatic heterocycles. The highest BCUT2D eigenvalue weighted by Gasteiger charge is 2.36. The highest BCUT2D eigenvalue weighted by molar-refractivity contribution is 5.95. The summed E-state index contributed by atoms with van der Waals surface area (Å²) in [6, 6.07) is 15.7. The van der Waals surface area contributed by atoms with E-state index in [0.29, 0.717) is 29.1 Å². The van der Waals surface area contributed by atoms with Crippen molar-refractivity contribution in [2.24, 2.45) is 0 Å². The summed E-state index contributed by atoms with van der Waals surface area (Å²) in [5.74, 6) is -0.609. The molecule has 2 aromatic carbocycles. The molecule has 0 saturated heterocycles. The fourth-order valence-electron chi connectivity index (χ4n) is 3.78. The summed E-state index contributed by atoms with van der Waals surface area (Å²) in [5.41, 5.74) is 3.18. The standard InChI is InChI=1S/C25H29N3O4/c1-4-14-28-17(3)22(24(30)32-5-2)23(27-25(28)31)19-12-9-13-20(16-19)26-21(29)15-18-10-7-6-8-11-18/h6-13,16,23H,4-5,14-15H2,1-3H3,(H,26,29)(H,27,31). The second kappa shape index (κ2) is 10.6. The lowest BCUT2D eigenvalue weighted by Gasteiger charge is -2.35. The van der Waals surface area contributed by atoms with Crippen LogP contribution in [0, 0.1) is 0 Å². The van der Waals surface area contributed by atoms with Crippen molar-refractivity contribution in [1.29, 1.82) is 0 Å². The van der Waals surface area contributed by atoms with Crippen LogP contribution in [-0.2, 0) is 20.7 Å². The lowest BCUT2D eigenvalue weighted by Crippen LogP contribution is -2.48. The van der Waals surface area contributed by atoms with E-state index < -0.39 is 12.0 Å². The Morgan fingerprint density at radius 3 is 2.53 bits per heavy atom. The Morgan fingerprint density at radius 2 is 1.84 bits per heavy atom. The molecule has 1 heterocycles. The Morgan fingerprint density at radius 1 is 1.09 bits per heavy atom. The lowest BCUT2D eigenvalue weighted by molar-refractivity contribution is -0.139. The van der Waals surface area contributed by atoms with Crippen LogP contribution in [0.4, 0.5) is 10.5 Å². The fourth-order valence-corrected chi connectivity index (χ4v) is 3.78. The maximum absolute atomic E-state index is 12.8. The van der Waals surface area contributed by atoms with Crippen LogP contribution in [0.5, 0.6) is 0 Å². The number of rotatable bonds is 8. The molecule has 0 saturated carbocycles. The number of anilines is 1. The van der Waals surface area contributed by atoms with Crippen molar-refractivity contribution in [3.8, 4) is 0 Å². The molecule has 32 heavy (non-hydrogen) atoms. The quantitative estimate of drug-likeness (QED) is 0.609. The van der Waals surface area contributed by atoms with Gasteiger partial charge >= 0.3 is 12.0 Å². The minimum absolute atomic E-state index is 0.146. The molecule has 168 valence electrons. The normalized spacial score (nSPS) is 15.9. The molecule has 2 aromatic rings. The van der Waals surface area contributed by atoms with Gasteiger partial charge in [0, 0.05) is 17.9 Å². The van der Waals surface area contributed by atoms with Crippen molar-refractivity contribution in [2.45, 2.75) is 39.7 Å². The molecule has 0 bridgehead atoms. The summed E-state index contributed by atoms with van der Waals surface area (Å²) in [4.78, 5) is 39.6. The molecule has 3 amide bonds. The largest absolute Gasteiger partial charge is 0.463 e. The second-order valence-corrected chi connectivity index (χ2v) is 7.59. The zero-order chi connectivity index (χ0) is 23.1. The molecule has 7 heteroatoms. The number of benzene rings is 2. The van der Waals surface area contributed by atoms with E-state index in [-0.39, 0.29) is 25.0 Å². The minimum atomic E-state index is -0.666. The van der Waals surface area contributed by atoms with Gasteiger partial charge < -0.3 is 15.4 Å². The highest BCUT2D eigenvalue weighted by Crippen LogP contribution is 2.32. The Bertz CT molecular complexity index is 1020. The van der Waals surface area contributed by atoms with E-state index in [4.69, 9.17) is 4.74 Å². The summed E-state index contributed by atoms with van der Waals surface area (Å²) >= 11 is 0. The number of nitrogens with zero attached hydrogens (tertiary/aromatic N) is 1. The van der Waals surface area contributed by atoms with Crippen LogP contribution in [-0.4, -0.2) is 36.0 Å². The summed E-state index contributed by atoms with van der Waals surface area (Å²) in [6.07, 6.45) is 1.01. The van der Waals surface area contributed by atoms with Gasteiger partial charge in [0.05, 0.1) is 24.6 Å². The van der Waals surface area contributed by atoms with Crippen molar-refractivity contribution in [3.05, 3.63) is 77.0 Å². The van der Waals surface area contributed by atoms with Crippen LogP contribution >= 0.6 is 0 Å². The van der Waals surface area contributed by atoms with E-state index in [9.17, 15) is 14.4 Å². The molecule has 1 unspecified atom stereocenters. The fraction of sp³-hybridized carbons (Fsp3) is 0.320. The minimum Gasteiger partial charge on any atom is -0.463 e. The zero-order valence-electron chi connectivity index (χ0n) is 18.7.